The maximum absolute atomic E-state index is 12.2. The summed E-state index contributed by atoms with van der Waals surface area (Å²) in [6.45, 7) is 1.97. The molecule has 0 radical (unpaired) electrons. The summed E-state index contributed by atoms with van der Waals surface area (Å²) in [4.78, 5) is 25.2. The summed E-state index contributed by atoms with van der Waals surface area (Å²) < 4.78 is 0. The van der Waals surface area contributed by atoms with Gasteiger partial charge in [-0.15, -0.1) is 11.3 Å². The van der Waals surface area contributed by atoms with Crippen LogP contribution in [-0.4, -0.2) is 18.0 Å². The molecule has 5 nitrogen and oxygen atoms in total. The van der Waals surface area contributed by atoms with E-state index in [0.717, 1.165) is 10.4 Å². The zero-order chi connectivity index (χ0) is 18.4. The van der Waals surface area contributed by atoms with E-state index < -0.39 is 0 Å². The number of aryl methyl sites for hydroxylation is 1. The minimum atomic E-state index is -0.311. The maximum Gasteiger partial charge on any atom is 0.271 e. The third kappa shape index (κ3) is 4.64. The van der Waals surface area contributed by atoms with E-state index in [-0.39, 0.29) is 11.8 Å². The smallest absolute Gasteiger partial charge is 0.271 e. The number of hydrazone groups is 1. The number of rotatable bonds is 5. The van der Waals surface area contributed by atoms with Crippen LogP contribution in [0.15, 0.2) is 71.1 Å². The van der Waals surface area contributed by atoms with Gasteiger partial charge in [0.25, 0.3) is 11.8 Å². The molecule has 2 N–H and O–H groups in total. The Morgan fingerprint density at radius 1 is 0.923 bits per heavy atom. The molecular weight excluding hydrogens is 346 g/mol. The van der Waals surface area contributed by atoms with Crippen LogP contribution in [0.5, 0.6) is 0 Å². The molecule has 130 valence electrons. The normalized spacial score (nSPS) is 10.7. The summed E-state index contributed by atoms with van der Waals surface area (Å²) in [7, 11) is 0. The molecule has 26 heavy (non-hydrogen) atoms. The number of amides is 2. The third-order valence-corrected chi connectivity index (χ3v) is 4.43. The van der Waals surface area contributed by atoms with Crippen LogP contribution in [-0.2, 0) is 0 Å². The van der Waals surface area contributed by atoms with E-state index in [1.165, 1.54) is 11.3 Å². The van der Waals surface area contributed by atoms with E-state index in [4.69, 9.17) is 0 Å². The molecule has 0 fully saturated rings. The molecule has 0 saturated carbocycles. The summed E-state index contributed by atoms with van der Waals surface area (Å²) in [5.41, 5.74) is 5.24. The van der Waals surface area contributed by atoms with Crippen LogP contribution in [0, 0.1) is 6.92 Å². The van der Waals surface area contributed by atoms with Gasteiger partial charge in [0.2, 0.25) is 0 Å². The van der Waals surface area contributed by atoms with Gasteiger partial charge >= 0.3 is 0 Å². The Hall–Kier alpha value is -3.25. The fourth-order valence-corrected chi connectivity index (χ4v) is 2.78. The van der Waals surface area contributed by atoms with Gasteiger partial charge in [-0.05, 0) is 54.8 Å². The topological polar surface area (TPSA) is 70.6 Å². The SMILES string of the molecule is Cc1ccc(C(=O)Nc2ccc(C(=O)NN=Cc3cccs3)cc2)cc1. The summed E-state index contributed by atoms with van der Waals surface area (Å²) in [5.74, 6) is -0.503. The lowest BCUT2D eigenvalue weighted by molar-refractivity contribution is 0.0954. The summed E-state index contributed by atoms with van der Waals surface area (Å²) in [5, 5.41) is 8.67. The minimum absolute atomic E-state index is 0.192. The highest BCUT2D eigenvalue weighted by atomic mass is 32.1. The lowest BCUT2D eigenvalue weighted by Gasteiger charge is -2.06. The van der Waals surface area contributed by atoms with Gasteiger partial charge in [-0.2, -0.15) is 5.10 Å². The average molecular weight is 363 g/mol. The first kappa shape index (κ1) is 17.6. The van der Waals surface area contributed by atoms with E-state index in [1.54, 1.807) is 42.6 Å². The Balaban J connectivity index is 1.58. The standard InChI is InChI=1S/C20H17N3O2S/c1-14-4-6-15(7-5-14)19(24)22-17-10-8-16(9-11-17)20(25)23-21-13-18-3-2-12-26-18/h2-13H,1H3,(H,22,24)(H,23,25). The Bertz CT molecular complexity index is 915. The van der Waals surface area contributed by atoms with Crippen molar-refractivity contribution in [2.45, 2.75) is 6.92 Å². The molecule has 6 heteroatoms. The Morgan fingerprint density at radius 3 is 2.23 bits per heavy atom. The molecule has 0 saturated heterocycles. The van der Waals surface area contributed by atoms with Crippen molar-refractivity contribution in [1.29, 1.82) is 0 Å². The van der Waals surface area contributed by atoms with Crippen LogP contribution in [0.2, 0.25) is 0 Å². The van der Waals surface area contributed by atoms with Gasteiger partial charge in [0, 0.05) is 21.7 Å². The number of nitrogens with zero attached hydrogens (tertiary/aromatic N) is 1. The van der Waals surface area contributed by atoms with E-state index in [2.05, 4.69) is 15.8 Å². The van der Waals surface area contributed by atoms with Gasteiger partial charge in [0.1, 0.15) is 0 Å². The number of carbonyl (C=O) groups is 2. The van der Waals surface area contributed by atoms with Crippen LogP contribution in [0.4, 0.5) is 5.69 Å². The number of thiophene rings is 1. The number of carbonyl (C=O) groups excluding carboxylic acids is 2. The number of benzene rings is 2. The molecule has 1 aromatic heterocycles. The van der Waals surface area contributed by atoms with Crippen molar-refractivity contribution in [2.24, 2.45) is 5.10 Å². The molecule has 0 aliphatic carbocycles. The van der Waals surface area contributed by atoms with Crippen LogP contribution in [0.25, 0.3) is 0 Å². The van der Waals surface area contributed by atoms with Gasteiger partial charge in [-0.1, -0.05) is 23.8 Å². The fourth-order valence-electron chi connectivity index (χ4n) is 2.20. The predicted molar refractivity (Wildman–Crippen MR) is 105 cm³/mol. The van der Waals surface area contributed by atoms with Gasteiger partial charge < -0.3 is 5.32 Å². The first-order chi connectivity index (χ1) is 12.6. The van der Waals surface area contributed by atoms with Crippen LogP contribution in [0.1, 0.15) is 31.2 Å². The Labute approximate surface area is 155 Å². The van der Waals surface area contributed by atoms with Crippen molar-refractivity contribution in [2.75, 3.05) is 5.32 Å². The number of anilines is 1. The number of nitrogens with one attached hydrogen (secondary N) is 2. The lowest BCUT2D eigenvalue weighted by Crippen LogP contribution is -2.17. The van der Waals surface area contributed by atoms with Gasteiger partial charge in [0.05, 0.1) is 6.21 Å². The van der Waals surface area contributed by atoms with Crippen LogP contribution < -0.4 is 10.7 Å². The second-order valence-electron chi connectivity index (χ2n) is 5.61. The Morgan fingerprint density at radius 2 is 1.58 bits per heavy atom. The van der Waals surface area contributed by atoms with Crippen molar-refractivity contribution in [3.05, 3.63) is 87.6 Å². The monoisotopic (exact) mass is 363 g/mol. The van der Waals surface area contributed by atoms with Crippen molar-refractivity contribution < 1.29 is 9.59 Å². The van der Waals surface area contributed by atoms with Gasteiger partial charge in [-0.25, -0.2) is 5.43 Å². The molecule has 2 aromatic carbocycles. The number of hydrogen-bond acceptors (Lipinski definition) is 4. The molecule has 3 aromatic rings. The molecule has 0 aliphatic heterocycles. The molecule has 0 unspecified atom stereocenters. The van der Waals surface area contributed by atoms with Crippen molar-refractivity contribution in [3.8, 4) is 0 Å². The van der Waals surface area contributed by atoms with Gasteiger partial charge in [0.15, 0.2) is 0 Å². The van der Waals surface area contributed by atoms with E-state index in [9.17, 15) is 9.59 Å². The highest BCUT2D eigenvalue weighted by molar-refractivity contribution is 7.11. The molecule has 0 atom stereocenters. The molecule has 0 aliphatic rings. The van der Waals surface area contributed by atoms with Crippen LogP contribution >= 0.6 is 11.3 Å². The van der Waals surface area contributed by atoms with Crippen molar-refractivity contribution in [3.63, 3.8) is 0 Å². The molecule has 0 spiro atoms. The van der Waals surface area contributed by atoms with E-state index in [1.807, 2.05) is 36.6 Å². The molecular formula is C20H17N3O2S. The summed E-state index contributed by atoms with van der Waals surface area (Å²) in [6, 6.07) is 17.8. The summed E-state index contributed by atoms with van der Waals surface area (Å²) in [6.07, 6.45) is 1.60. The first-order valence-corrected chi connectivity index (χ1v) is 8.85. The zero-order valence-electron chi connectivity index (χ0n) is 14.1. The fraction of sp³-hybridized carbons (Fsp3) is 0.0500. The quantitative estimate of drug-likeness (QED) is 0.530. The lowest BCUT2D eigenvalue weighted by atomic mass is 10.1. The van der Waals surface area contributed by atoms with Crippen molar-refractivity contribution in [1.82, 2.24) is 5.43 Å². The Kier molecular flexibility index (Phi) is 5.56. The molecule has 2 amide bonds. The van der Waals surface area contributed by atoms with E-state index >= 15 is 0 Å². The highest BCUT2D eigenvalue weighted by Crippen LogP contribution is 2.12. The molecule has 1 heterocycles. The van der Waals surface area contributed by atoms with E-state index in [0.29, 0.717) is 16.8 Å². The predicted octanol–water partition coefficient (Wildman–Crippen LogP) is 4.07. The average Bonchev–Trinajstić information content (AvgIpc) is 3.16. The third-order valence-electron chi connectivity index (χ3n) is 3.62. The molecule has 0 bridgehead atoms. The minimum Gasteiger partial charge on any atom is -0.322 e. The largest absolute Gasteiger partial charge is 0.322 e. The second kappa shape index (κ2) is 8.22. The zero-order valence-corrected chi connectivity index (χ0v) is 14.9. The van der Waals surface area contributed by atoms with Crippen molar-refractivity contribution >= 4 is 35.1 Å². The first-order valence-electron chi connectivity index (χ1n) is 7.97. The summed E-state index contributed by atoms with van der Waals surface area (Å²) >= 11 is 1.54. The van der Waals surface area contributed by atoms with Gasteiger partial charge in [-0.3, -0.25) is 9.59 Å². The molecule has 3 rings (SSSR count). The van der Waals surface area contributed by atoms with Crippen LogP contribution in [0.3, 0.4) is 0 Å². The number of hydrogen-bond donors (Lipinski definition) is 2. The second-order valence-corrected chi connectivity index (χ2v) is 6.59. The highest BCUT2D eigenvalue weighted by Gasteiger charge is 2.07. The maximum atomic E-state index is 12.2.